The predicted molar refractivity (Wildman–Crippen MR) is 98.0 cm³/mol. The first-order valence-corrected chi connectivity index (χ1v) is 8.09. The lowest BCUT2D eigenvalue weighted by Gasteiger charge is -2.13. The standard InChI is InChI=1S/C22H21N/c1-4-11-19(12-5-1)13-10-18-23-22(20-14-6-2-7-15-20)21-16-8-3-9-17-21/h1-9,11-12,14-18,22H,10,13H2. The summed E-state index contributed by atoms with van der Waals surface area (Å²) >= 11 is 0. The van der Waals surface area contributed by atoms with E-state index in [-0.39, 0.29) is 6.04 Å². The van der Waals surface area contributed by atoms with E-state index in [0.717, 1.165) is 12.8 Å². The topological polar surface area (TPSA) is 12.4 Å². The van der Waals surface area contributed by atoms with Gasteiger partial charge in [-0.3, -0.25) is 4.99 Å². The van der Waals surface area contributed by atoms with Crippen molar-refractivity contribution in [2.45, 2.75) is 18.9 Å². The summed E-state index contributed by atoms with van der Waals surface area (Å²) in [5, 5.41) is 0. The third kappa shape index (κ3) is 4.40. The maximum Gasteiger partial charge on any atom is 0.0995 e. The molecule has 0 unspecified atom stereocenters. The molecular formula is C22H21N. The SMILES string of the molecule is C(CCc1ccccc1)=NC(c1ccccc1)c1ccccc1. The maximum absolute atomic E-state index is 4.85. The van der Waals surface area contributed by atoms with Crippen molar-refractivity contribution in [3.63, 3.8) is 0 Å². The Balaban J connectivity index is 1.73. The summed E-state index contributed by atoms with van der Waals surface area (Å²) in [4.78, 5) is 4.85. The molecule has 0 aliphatic rings. The Morgan fingerprint density at radius 2 is 1.13 bits per heavy atom. The average molecular weight is 299 g/mol. The van der Waals surface area contributed by atoms with Gasteiger partial charge in [-0.1, -0.05) is 91.0 Å². The molecule has 0 aromatic heterocycles. The molecule has 0 saturated heterocycles. The molecule has 0 radical (unpaired) electrons. The number of hydrogen-bond acceptors (Lipinski definition) is 1. The van der Waals surface area contributed by atoms with Crippen LogP contribution in [-0.4, -0.2) is 6.21 Å². The second kappa shape index (κ2) is 8.09. The van der Waals surface area contributed by atoms with E-state index in [0.29, 0.717) is 0 Å². The number of benzene rings is 3. The molecule has 0 aliphatic carbocycles. The second-order valence-corrected chi connectivity index (χ2v) is 5.58. The minimum Gasteiger partial charge on any atom is -0.285 e. The largest absolute Gasteiger partial charge is 0.285 e. The first-order valence-electron chi connectivity index (χ1n) is 8.09. The Morgan fingerprint density at radius 3 is 1.65 bits per heavy atom. The summed E-state index contributed by atoms with van der Waals surface area (Å²) in [6, 6.07) is 31.6. The van der Waals surface area contributed by atoms with E-state index in [9.17, 15) is 0 Å². The lowest BCUT2D eigenvalue weighted by atomic mass is 9.99. The minimum absolute atomic E-state index is 0.0770. The van der Waals surface area contributed by atoms with E-state index in [4.69, 9.17) is 4.99 Å². The minimum atomic E-state index is 0.0770. The molecule has 3 rings (SSSR count). The highest BCUT2D eigenvalue weighted by molar-refractivity contribution is 5.59. The molecule has 23 heavy (non-hydrogen) atoms. The van der Waals surface area contributed by atoms with Crippen molar-refractivity contribution in [3.8, 4) is 0 Å². The second-order valence-electron chi connectivity index (χ2n) is 5.58. The Bertz CT molecular complexity index is 678. The van der Waals surface area contributed by atoms with Crippen LogP contribution < -0.4 is 0 Å². The van der Waals surface area contributed by atoms with Crippen LogP contribution in [0.4, 0.5) is 0 Å². The van der Waals surface area contributed by atoms with Gasteiger partial charge in [0.15, 0.2) is 0 Å². The van der Waals surface area contributed by atoms with Gasteiger partial charge in [0.25, 0.3) is 0 Å². The zero-order valence-electron chi connectivity index (χ0n) is 13.2. The van der Waals surface area contributed by atoms with Crippen molar-refractivity contribution in [1.82, 2.24) is 0 Å². The number of nitrogens with zero attached hydrogens (tertiary/aromatic N) is 1. The Morgan fingerprint density at radius 1 is 0.652 bits per heavy atom. The number of hydrogen-bond donors (Lipinski definition) is 0. The van der Waals surface area contributed by atoms with Crippen molar-refractivity contribution in [1.29, 1.82) is 0 Å². The molecular weight excluding hydrogens is 278 g/mol. The molecule has 0 aliphatic heterocycles. The van der Waals surface area contributed by atoms with Crippen molar-refractivity contribution in [2.24, 2.45) is 4.99 Å². The third-order valence-electron chi connectivity index (χ3n) is 3.89. The number of aryl methyl sites for hydroxylation is 1. The van der Waals surface area contributed by atoms with Crippen LogP contribution >= 0.6 is 0 Å². The zero-order valence-corrected chi connectivity index (χ0v) is 13.2. The van der Waals surface area contributed by atoms with Gasteiger partial charge < -0.3 is 0 Å². The van der Waals surface area contributed by atoms with Gasteiger partial charge >= 0.3 is 0 Å². The molecule has 0 bridgehead atoms. The molecule has 1 nitrogen and oxygen atoms in total. The summed E-state index contributed by atoms with van der Waals surface area (Å²) in [7, 11) is 0. The van der Waals surface area contributed by atoms with Gasteiger partial charge in [-0.05, 0) is 29.5 Å². The average Bonchev–Trinajstić information content (AvgIpc) is 2.64. The number of aliphatic imine (C=N–C) groups is 1. The molecule has 114 valence electrons. The Hall–Kier alpha value is -2.67. The van der Waals surface area contributed by atoms with Gasteiger partial charge in [0.2, 0.25) is 0 Å². The predicted octanol–water partition coefficient (Wildman–Crippen LogP) is 5.48. The summed E-state index contributed by atoms with van der Waals surface area (Å²) in [5.74, 6) is 0. The monoisotopic (exact) mass is 299 g/mol. The van der Waals surface area contributed by atoms with Crippen molar-refractivity contribution < 1.29 is 0 Å². The van der Waals surface area contributed by atoms with Crippen LogP contribution in [-0.2, 0) is 6.42 Å². The molecule has 3 aromatic rings. The summed E-state index contributed by atoms with van der Waals surface area (Å²) in [5.41, 5.74) is 3.82. The van der Waals surface area contributed by atoms with Crippen LogP contribution in [0.15, 0.2) is 96.0 Å². The van der Waals surface area contributed by atoms with Crippen LogP contribution in [0.25, 0.3) is 0 Å². The Kier molecular flexibility index (Phi) is 5.36. The van der Waals surface area contributed by atoms with Gasteiger partial charge in [0.05, 0.1) is 6.04 Å². The summed E-state index contributed by atoms with van der Waals surface area (Å²) < 4.78 is 0. The maximum atomic E-state index is 4.85. The molecule has 0 atom stereocenters. The van der Waals surface area contributed by atoms with Crippen molar-refractivity contribution >= 4 is 6.21 Å². The van der Waals surface area contributed by atoms with Crippen LogP contribution in [0.1, 0.15) is 29.2 Å². The summed E-state index contributed by atoms with van der Waals surface area (Å²) in [6.45, 7) is 0. The number of rotatable bonds is 6. The normalized spacial score (nSPS) is 11.2. The van der Waals surface area contributed by atoms with Gasteiger partial charge in [-0.15, -0.1) is 0 Å². The molecule has 0 fully saturated rings. The van der Waals surface area contributed by atoms with E-state index >= 15 is 0 Å². The molecule has 0 spiro atoms. The lowest BCUT2D eigenvalue weighted by Crippen LogP contribution is -1.98. The van der Waals surface area contributed by atoms with Gasteiger partial charge in [-0.25, -0.2) is 0 Å². The fourth-order valence-electron chi connectivity index (χ4n) is 2.69. The van der Waals surface area contributed by atoms with Crippen LogP contribution in [0, 0.1) is 0 Å². The quantitative estimate of drug-likeness (QED) is 0.534. The van der Waals surface area contributed by atoms with Gasteiger partial charge in [0.1, 0.15) is 0 Å². The van der Waals surface area contributed by atoms with Crippen molar-refractivity contribution in [3.05, 3.63) is 108 Å². The summed E-state index contributed by atoms with van der Waals surface area (Å²) in [6.07, 6.45) is 4.05. The van der Waals surface area contributed by atoms with E-state index in [1.807, 2.05) is 12.1 Å². The fraction of sp³-hybridized carbons (Fsp3) is 0.136. The highest BCUT2D eigenvalue weighted by Gasteiger charge is 2.10. The van der Waals surface area contributed by atoms with Crippen LogP contribution in [0.3, 0.4) is 0 Å². The molecule has 0 amide bonds. The first-order chi connectivity index (χ1) is 11.4. The molecule has 3 aromatic carbocycles. The third-order valence-corrected chi connectivity index (χ3v) is 3.89. The smallest absolute Gasteiger partial charge is 0.0995 e. The van der Waals surface area contributed by atoms with E-state index in [1.165, 1.54) is 16.7 Å². The van der Waals surface area contributed by atoms with E-state index in [1.54, 1.807) is 0 Å². The van der Waals surface area contributed by atoms with Gasteiger partial charge in [0, 0.05) is 6.21 Å². The van der Waals surface area contributed by atoms with Crippen molar-refractivity contribution in [2.75, 3.05) is 0 Å². The Labute approximate surface area is 138 Å². The first kappa shape index (κ1) is 15.2. The molecule has 0 heterocycles. The highest BCUT2D eigenvalue weighted by atomic mass is 14.8. The van der Waals surface area contributed by atoms with Crippen LogP contribution in [0.5, 0.6) is 0 Å². The zero-order chi connectivity index (χ0) is 15.7. The molecule has 0 saturated carbocycles. The molecule has 1 heteroatoms. The molecule has 0 N–H and O–H groups in total. The van der Waals surface area contributed by atoms with Gasteiger partial charge in [-0.2, -0.15) is 0 Å². The van der Waals surface area contributed by atoms with E-state index < -0.39 is 0 Å². The van der Waals surface area contributed by atoms with E-state index in [2.05, 4.69) is 85.1 Å². The highest BCUT2D eigenvalue weighted by Crippen LogP contribution is 2.25. The van der Waals surface area contributed by atoms with Crippen LogP contribution in [0.2, 0.25) is 0 Å². The lowest BCUT2D eigenvalue weighted by molar-refractivity contribution is 0.869. The fourth-order valence-corrected chi connectivity index (χ4v) is 2.69.